The van der Waals surface area contributed by atoms with Crippen molar-refractivity contribution in [1.29, 1.82) is 0 Å². The summed E-state index contributed by atoms with van der Waals surface area (Å²) < 4.78 is 1.90. The summed E-state index contributed by atoms with van der Waals surface area (Å²) >= 11 is 1.38. The van der Waals surface area contributed by atoms with Crippen LogP contribution in [-0.2, 0) is 11.8 Å². The number of carbonyl (C=O) groups excluding carboxylic acids is 2. The van der Waals surface area contributed by atoms with Gasteiger partial charge < -0.3 is 9.80 Å². The third kappa shape index (κ3) is 4.06. The molecule has 0 N–H and O–H groups in total. The molecule has 0 spiro atoms. The van der Waals surface area contributed by atoms with Crippen LogP contribution in [0.3, 0.4) is 0 Å². The average molecular weight is 465 g/mol. The van der Waals surface area contributed by atoms with E-state index in [1.807, 2.05) is 46.0 Å². The summed E-state index contributed by atoms with van der Waals surface area (Å²) in [5.41, 5.74) is 5.24. The zero-order valence-electron chi connectivity index (χ0n) is 19.2. The Balaban J connectivity index is 1.27. The first-order valence-corrected chi connectivity index (χ1v) is 12.1. The number of benzene rings is 1. The van der Waals surface area contributed by atoms with E-state index < -0.39 is 0 Å². The molecule has 4 heterocycles. The minimum absolute atomic E-state index is 0.00609. The van der Waals surface area contributed by atoms with E-state index in [2.05, 4.69) is 34.0 Å². The first kappa shape index (κ1) is 21.8. The van der Waals surface area contributed by atoms with Crippen molar-refractivity contribution in [2.45, 2.75) is 26.3 Å². The van der Waals surface area contributed by atoms with Crippen molar-refractivity contribution >= 4 is 28.8 Å². The second kappa shape index (κ2) is 8.72. The van der Waals surface area contributed by atoms with E-state index in [0.29, 0.717) is 31.1 Å². The Morgan fingerprint density at radius 2 is 1.94 bits per heavy atom. The number of nitrogens with zero attached hydrogens (tertiary/aromatic N) is 6. The molecule has 2 aliphatic heterocycles. The molecule has 8 nitrogen and oxygen atoms in total. The maximum atomic E-state index is 13.0. The van der Waals surface area contributed by atoms with Crippen LogP contribution >= 0.6 is 11.3 Å². The molecule has 2 fully saturated rings. The molecule has 33 heavy (non-hydrogen) atoms. The molecule has 1 aromatic carbocycles. The van der Waals surface area contributed by atoms with E-state index in [1.54, 1.807) is 6.20 Å². The van der Waals surface area contributed by atoms with E-state index in [4.69, 9.17) is 0 Å². The number of aryl methyl sites for hydroxylation is 2. The van der Waals surface area contributed by atoms with Gasteiger partial charge in [0.05, 0.1) is 5.69 Å². The van der Waals surface area contributed by atoms with Crippen LogP contribution in [0.4, 0.5) is 5.69 Å². The molecule has 1 unspecified atom stereocenters. The smallest absolute Gasteiger partial charge is 0.282 e. The number of hydrogen-bond donors (Lipinski definition) is 0. The quantitative estimate of drug-likeness (QED) is 0.594. The molecule has 2 aliphatic rings. The summed E-state index contributed by atoms with van der Waals surface area (Å²) in [5.74, 6) is 0.157. The molecule has 2 aromatic heterocycles. The van der Waals surface area contributed by atoms with Gasteiger partial charge in [0.15, 0.2) is 5.01 Å². The van der Waals surface area contributed by atoms with Crippen molar-refractivity contribution in [3.05, 3.63) is 52.2 Å². The number of aromatic nitrogens is 3. The van der Waals surface area contributed by atoms with Crippen molar-refractivity contribution in [1.82, 2.24) is 24.6 Å². The van der Waals surface area contributed by atoms with Gasteiger partial charge in [0.2, 0.25) is 5.91 Å². The van der Waals surface area contributed by atoms with E-state index in [9.17, 15) is 9.59 Å². The monoisotopic (exact) mass is 464 g/mol. The minimum Gasteiger partial charge on any atom is -0.334 e. The molecular formula is C24H28N6O2S. The van der Waals surface area contributed by atoms with Crippen molar-refractivity contribution in [2.75, 3.05) is 37.6 Å². The molecule has 172 valence electrons. The van der Waals surface area contributed by atoms with Gasteiger partial charge in [0.25, 0.3) is 5.91 Å². The molecule has 0 radical (unpaired) electrons. The normalized spacial score (nSPS) is 19.5. The highest BCUT2D eigenvalue weighted by molar-refractivity contribution is 7.11. The molecule has 5 rings (SSSR count). The lowest BCUT2D eigenvalue weighted by molar-refractivity contribution is -0.117. The van der Waals surface area contributed by atoms with Crippen molar-refractivity contribution < 1.29 is 9.59 Å². The molecule has 9 heteroatoms. The van der Waals surface area contributed by atoms with Gasteiger partial charge in [0.1, 0.15) is 0 Å². The van der Waals surface area contributed by atoms with Gasteiger partial charge in [-0.25, -0.2) is 4.98 Å². The lowest BCUT2D eigenvalue weighted by Crippen LogP contribution is -2.52. The van der Waals surface area contributed by atoms with Crippen LogP contribution in [0.25, 0.3) is 11.1 Å². The van der Waals surface area contributed by atoms with Crippen molar-refractivity contribution in [3.8, 4) is 11.1 Å². The second-order valence-corrected chi connectivity index (χ2v) is 9.64. The van der Waals surface area contributed by atoms with E-state index >= 15 is 0 Å². The van der Waals surface area contributed by atoms with Gasteiger partial charge in [-0.3, -0.25) is 19.2 Å². The number of amides is 2. The Morgan fingerprint density at radius 3 is 2.61 bits per heavy atom. The maximum Gasteiger partial charge on any atom is 0.282 e. The first-order valence-electron chi connectivity index (χ1n) is 11.3. The Morgan fingerprint density at radius 1 is 1.15 bits per heavy atom. The van der Waals surface area contributed by atoms with Crippen molar-refractivity contribution in [3.63, 3.8) is 0 Å². The number of anilines is 1. The Hall–Kier alpha value is -3.04. The second-order valence-electron chi connectivity index (χ2n) is 8.75. The molecule has 0 aliphatic carbocycles. The van der Waals surface area contributed by atoms with Gasteiger partial charge in [-0.2, -0.15) is 5.10 Å². The molecular weight excluding hydrogens is 436 g/mol. The molecule has 2 saturated heterocycles. The van der Waals surface area contributed by atoms with Gasteiger partial charge in [-0.15, -0.1) is 11.3 Å². The fraction of sp³-hybridized carbons (Fsp3) is 0.417. The van der Waals surface area contributed by atoms with Crippen LogP contribution in [0.1, 0.15) is 27.6 Å². The summed E-state index contributed by atoms with van der Waals surface area (Å²) in [4.78, 5) is 35.8. The molecule has 2 amide bonds. The van der Waals surface area contributed by atoms with E-state index in [0.717, 1.165) is 41.3 Å². The van der Waals surface area contributed by atoms with Crippen molar-refractivity contribution in [2.24, 2.45) is 7.05 Å². The summed E-state index contributed by atoms with van der Waals surface area (Å²) in [6.45, 7) is 7.64. The Labute approximate surface area is 197 Å². The number of piperazine rings is 1. The SMILES string of the molecule is Cc1nn(C)c(C)c1-c1cccc(N2CC(N3CCN(C(=O)c4nccs4)CC3)CC2=O)c1. The average Bonchev–Trinajstić information content (AvgIpc) is 3.54. The maximum absolute atomic E-state index is 13.0. The summed E-state index contributed by atoms with van der Waals surface area (Å²) in [6.07, 6.45) is 2.18. The van der Waals surface area contributed by atoms with Gasteiger partial charge in [-0.1, -0.05) is 12.1 Å². The van der Waals surface area contributed by atoms with Crippen LogP contribution in [-0.4, -0.2) is 75.1 Å². The van der Waals surface area contributed by atoms with Gasteiger partial charge in [-0.05, 0) is 31.5 Å². The topological polar surface area (TPSA) is 74.6 Å². The predicted octanol–water partition coefficient (Wildman–Crippen LogP) is 2.72. The molecule has 3 aromatic rings. The zero-order chi connectivity index (χ0) is 23.1. The van der Waals surface area contributed by atoms with Crippen LogP contribution in [0.15, 0.2) is 35.8 Å². The number of hydrogen-bond acceptors (Lipinski definition) is 6. The highest BCUT2D eigenvalue weighted by Crippen LogP contribution is 2.32. The molecule has 1 atom stereocenters. The fourth-order valence-electron chi connectivity index (χ4n) is 4.96. The lowest BCUT2D eigenvalue weighted by atomic mass is 10.0. The third-order valence-corrected chi connectivity index (χ3v) is 7.55. The Kier molecular flexibility index (Phi) is 5.76. The number of rotatable bonds is 4. The highest BCUT2D eigenvalue weighted by Gasteiger charge is 2.36. The van der Waals surface area contributed by atoms with Gasteiger partial charge in [0, 0.05) is 80.8 Å². The van der Waals surface area contributed by atoms with Crippen LogP contribution in [0.2, 0.25) is 0 Å². The third-order valence-electron chi connectivity index (χ3n) is 6.79. The zero-order valence-corrected chi connectivity index (χ0v) is 20.0. The summed E-state index contributed by atoms with van der Waals surface area (Å²) in [7, 11) is 1.95. The van der Waals surface area contributed by atoms with E-state index in [-0.39, 0.29) is 17.9 Å². The fourth-order valence-corrected chi connectivity index (χ4v) is 5.56. The van der Waals surface area contributed by atoms with Crippen LogP contribution < -0.4 is 4.90 Å². The largest absolute Gasteiger partial charge is 0.334 e. The first-order chi connectivity index (χ1) is 15.9. The van der Waals surface area contributed by atoms with Crippen LogP contribution in [0, 0.1) is 13.8 Å². The number of carbonyl (C=O) groups is 2. The van der Waals surface area contributed by atoms with Gasteiger partial charge >= 0.3 is 0 Å². The Bertz CT molecular complexity index is 1180. The minimum atomic E-state index is 0.00609. The highest BCUT2D eigenvalue weighted by atomic mass is 32.1. The molecule has 0 bridgehead atoms. The standard InChI is InChI=1S/C24H28N6O2S/c1-16-22(17(2)27(3)26-16)18-5-4-6-19(13-18)30-15-20(14-21(30)31)28-8-10-29(11-9-28)24(32)23-25-7-12-33-23/h4-7,12-13,20H,8-11,14-15H2,1-3H3. The van der Waals surface area contributed by atoms with Crippen LogP contribution in [0.5, 0.6) is 0 Å². The lowest BCUT2D eigenvalue weighted by Gasteiger charge is -2.37. The van der Waals surface area contributed by atoms with E-state index in [1.165, 1.54) is 11.3 Å². The molecule has 0 saturated carbocycles. The summed E-state index contributed by atoms with van der Waals surface area (Å²) in [6, 6.07) is 8.37. The summed E-state index contributed by atoms with van der Waals surface area (Å²) in [5, 5.41) is 6.91. The number of thiazole rings is 1. The predicted molar refractivity (Wildman–Crippen MR) is 128 cm³/mol.